The number of anilines is 3. The molecule has 0 atom stereocenters. The van der Waals surface area contributed by atoms with Crippen LogP contribution in [0, 0.1) is 0 Å². The number of amides is 3. The van der Waals surface area contributed by atoms with Crippen molar-refractivity contribution in [1.29, 1.82) is 0 Å². The molecule has 30 heavy (non-hydrogen) atoms. The summed E-state index contributed by atoms with van der Waals surface area (Å²) in [5.41, 5.74) is -0.122. The summed E-state index contributed by atoms with van der Waals surface area (Å²) in [5.74, 6) is 0.621. The Morgan fingerprint density at radius 2 is 1.57 bits per heavy atom. The average molecular weight is 419 g/mol. The van der Waals surface area contributed by atoms with E-state index < -0.39 is 17.8 Å². The Hall–Kier alpha value is -3.56. The lowest BCUT2D eigenvalue weighted by atomic mass is 10.2. The summed E-state index contributed by atoms with van der Waals surface area (Å²) in [7, 11) is 0. The number of nitrogens with zero attached hydrogens (tertiary/aromatic N) is 3. The van der Waals surface area contributed by atoms with E-state index in [-0.39, 0.29) is 11.6 Å². The van der Waals surface area contributed by atoms with Gasteiger partial charge in [0.05, 0.1) is 17.4 Å². The Morgan fingerprint density at radius 1 is 0.967 bits per heavy atom. The molecule has 0 unspecified atom stereocenters. The van der Waals surface area contributed by atoms with Crippen molar-refractivity contribution in [3.63, 3.8) is 0 Å². The van der Waals surface area contributed by atoms with Gasteiger partial charge >= 0.3 is 12.2 Å². The van der Waals surface area contributed by atoms with Crippen molar-refractivity contribution in [1.82, 2.24) is 9.88 Å². The summed E-state index contributed by atoms with van der Waals surface area (Å²) in [5, 5.41) is 5.04. The van der Waals surface area contributed by atoms with E-state index in [9.17, 15) is 22.8 Å². The number of aromatic nitrogens is 1. The molecule has 2 heterocycles. The highest BCUT2D eigenvalue weighted by molar-refractivity contribution is 5.99. The van der Waals surface area contributed by atoms with Crippen LogP contribution < -0.4 is 15.5 Å². The van der Waals surface area contributed by atoms with E-state index in [4.69, 9.17) is 0 Å². The molecule has 0 bridgehead atoms. The summed E-state index contributed by atoms with van der Waals surface area (Å²) in [4.78, 5) is 31.7. The molecule has 10 heteroatoms. The van der Waals surface area contributed by atoms with Gasteiger partial charge in [0.2, 0.25) is 5.91 Å². The Morgan fingerprint density at radius 3 is 2.10 bits per heavy atom. The van der Waals surface area contributed by atoms with Crippen molar-refractivity contribution in [2.24, 2.45) is 0 Å². The number of benzene rings is 1. The molecule has 0 aliphatic carbocycles. The Kier molecular flexibility index (Phi) is 6.24. The fourth-order valence-electron chi connectivity index (χ4n) is 2.97. The van der Waals surface area contributed by atoms with E-state index in [0.29, 0.717) is 31.9 Å². The predicted octanol–water partition coefficient (Wildman–Crippen LogP) is 3.58. The molecule has 0 saturated carbocycles. The van der Waals surface area contributed by atoms with Crippen molar-refractivity contribution in [3.8, 4) is 0 Å². The first-order valence-electron chi connectivity index (χ1n) is 9.14. The lowest BCUT2D eigenvalue weighted by Crippen LogP contribution is -2.48. The standard InChI is InChI=1S/C20H20F3N5O2/c1-2-18(29)28-11-9-27(10-12-28)17-8-7-16(13-24-17)26-19(30)25-15-5-3-14(4-6-15)20(21,22)23/h2-8,13H,1,9-12H2,(H2,25,26,30). The molecular formula is C20H20F3N5O2. The number of nitrogens with one attached hydrogen (secondary N) is 2. The third-order valence-electron chi connectivity index (χ3n) is 4.57. The van der Waals surface area contributed by atoms with E-state index in [2.05, 4.69) is 22.2 Å². The fourth-order valence-corrected chi connectivity index (χ4v) is 2.97. The smallest absolute Gasteiger partial charge is 0.353 e. The van der Waals surface area contributed by atoms with Gasteiger partial charge < -0.3 is 20.4 Å². The van der Waals surface area contributed by atoms with Gasteiger partial charge in [-0.1, -0.05) is 6.58 Å². The highest BCUT2D eigenvalue weighted by Gasteiger charge is 2.30. The SMILES string of the molecule is C=CC(=O)N1CCN(c2ccc(NC(=O)Nc3ccc(C(F)(F)F)cc3)cn2)CC1. The normalized spacial score (nSPS) is 14.2. The number of carbonyl (C=O) groups excluding carboxylic acids is 2. The molecule has 0 radical (unpaired) electrons. The first kappa shape index (κ1) is 21.2. The Bertz CT molecular complexity index is 906. The zero-order valence-corrected chi connectivity index (χ0v) is 15.9. The van der Waals surface area contributed by atoms with Crippen molar-refractivity contribution >= 4 is 29.1 Å². The number of alkyl halides is 3. The van der Waals surface area contributed by atoms with Gasteiger partial charge in [-0.2, -0.15) is 13.2 Å². The van der Waals surface area contributed by atoms with Crippen LogP contribution in [0.1, 0.15) is 5.56 Å². The van der Waals surface area contributed by atoms with Crippen LogP contribution in [0.5, 0.6) is 0 Å². The summed E-state index contributed by atoms with van der Waals surface area (Å²) < 4.78 is 37.7. The third kappa shape index (κ3) is 5.28. The van der Waals surface area contributed by atoms with Crippen LogP contribution in [0.4, 0.5) is 35.2 Å². The van der Waals surface area contributed by atoms with Crippen LogP contribution in [0.2, 0.25) is 0 Å². The zero-order chi connectivity index (χ0) is 21.7. The fraction of sp³-hybridized carbons (Fsp3) is 0.250. The second-order valence-corrected chi connectivity index (χ2v) is 6.58. The number of carbonyl (C=O) groups is 2. The van der Waals surface area contributed by atoms with Gasteiger partial charge in [0.1, 0.15) is 5.82 Å². The van der Waals surface area contributed by atoms with Gasteiger partial charge in [0, 0.05) is 31.9 Å². The summed E-state index contributed by atoms with van der Waals surface area (Å²) in [6.07, 6.45) is -1.64. The minimum absolute atomic E-state index is 0.0961. The zero-order valence-electron chi connectivity index (χ0n) is 15.9. The molecule has 7 nitrogen and oxygen atoms in total. The van der Waals surface area contributed by atoms with Crippen molar-refractivity contribution in [2.75, 3.05) is 41.7 Å². The van der Waals surface area contributed by atoms with Crippen molar-refractivity contribution in [3.05, 3.63) is 60.8 Å². The minimum atomic E-state index is -4.43. The third-order valence-corrected chi connectivity index (χ3v) is 4.57. The molecule has 1 saturated heterocycles. The maximum atomic E-state index is 12.6. The van der Waals surface area contributed by atoms with Crippen molar-refractivity contribution < 1.29 is 22.8 Å². The van der Waals surface area contributed by atoms with Crippen LogP contribution in [-0.4, -0.2) is 48.0 Å². The molecule has 158 valence electrons. The molecule has 1 aliphatic heterocycles. The Balaban J connectivity index is 1.52. The maximum absolute atomic E-state index is 12.6. The van der Waals surface area contributed by atoms with Gasteiger partial charge in [-0.15, -0.1) is 0 Å². The van der Waals surface area contributed by atoms with Crippen LogP contribution in [0.3, 0.4) is 0 Å². The summed E-state index contributed by atoms with van der Waals surface area (Å²) in [6, 6.07) is 6.99. The number of rotatable bonds is 4. The molecule has 1 fully saturated rings. The van der Waals surface area contributed by atoms with E-state index in [1.54, 1.807) is 17.0 Å². The number of hydrogen-bond donors (Lipinski definition) is 2. The van der Waals surface area contributed by atoms with E-state index >= 15 is 0 Å². The van der Waals surface area contributed by atoms with Gasteiger partial charge in [0.15, 0.2) is 0 Å². The molecule has 3 rings (SSSR count). The highest BCUT2D eigenvalue weighted by atomic mass is 19.4. The maximum Gasteiger partial charge on any atom is 0.416 e. The number of urea groups is 1. The van der Waals surface area contributed by atoms with Crippen LogP contribution in [-0.2, 0) is 11.0 Å². The average Bonchev–Trinajstić information content (AvgIpc) is 2.73. The van der Waals surface area contributed by atoms with Gasteiger partial charge in [-0.25, -0.2) is 9.78 Å². The molecule has 0 spiro atoms. The number of hydrogen-bond acceptors (Lipinski definition) is 4. The molecular weight excluding hydrogens is 399 g/mol. The summed E-state index contributed by atoms with van der Waals surface area (Å²) in [6.45, 7) is 5.89. The molecule has 3 amide bonds. The lowest BCUT2D eigenvalue weighted by Gasteiger charge is -2.34. The Labute approximate surface area is 171 Å². The molecule has 1 aromatic carbocycles. The number of halogens is 3. The first-order valence-corrected chi connectivity index (χ1v) is 9.14. The molecule has 1 aromatic heterocycles. The minimum Gasteiger partial charge on any atom is -0.353 e. The number of pyridine rings is 1. The lowest BCUT2D eigenvalue weighted by molar-refractivity contribution is -0.137. The monoisotopic (exact) mass is 419 g/mol. The molecule has 2 N–H and O–H groups in total. The number of piperazine rings is 1. The van der Waals surface area contributed by atoms with E-state index in [1.165, 1.54) is 24.4 Å². The predicted molar refractivity (Wildman–Crippen MR) is 107 cm³/mol. The van der Waals surface area contributed by atoms with Crippen LogP contribution in [0.25, 0.3) is 0 Å². The topological polar surface area (TPSA) is 77.6 Å². The van der Waals surface area contributed by atoms with E-state index in [1.807, 2.05) is 4.90 Å². The van der Waals surface area contributed by atoms with Crippen molar-refractivity contribution in [2.45, 2.75) is 6.18 Å². The quantitative estimate of drug-likeness (QED) is 0.743. The largest absolute Gasteiger partial charge is 0.416 e. The highest BCUT2D eigenvalue weighted by Crippen LogP contribution is 2.29. The van der Waals surface area contributed by atoms with Crippen LogP contribution in [0.15, 0.2) is 55.3 Å². The van der Waals surface area contributed by atoms with Gasteiger partial charge in [-0.05, 0) is 42.5 Å². The first-order chi connectivity index (χ1) is 14.3. The molecule has 2 aromatic rings. The second kappa shape index (κ2) is 8.85. The summed E-state index contributed by atoms with van der Waals surface area (Å²) >= 11 is 0. The van der Waals surface area contributed by atoms with Gasteiger partial charge in [0.25, 0.3) is 0 Å². The second-order valence-electron chi connectivity index (χ2n) is 6.58. The van der Waals surface area contributed by atoms with E-state index in [0.717, 1.165) is 18.0 Å². The van der Waals surface area contributed by atoms with Crippen LogP contribution >= 0.6 is 0 Å². The van der Waals surface area contributed by atoms with Gasteiger partial charge in [-0.3, -0.25) is 4.79 Å². The molecule has 1 aliphatic rings.